The molecular formula is C21H23N5O3. The van der Waals surface area contributed by atoms with Gasteiger partial charge in [-0.15, -0.1) is 0 Å². The van der Waals surface area contributed by atoms with Crippen molar-refractivity contribution in [2.24, 2.45) is 0 Å². The monoisotopic (exact) mass is 393 g/mol. The third-order valence-corrected chi connectivity index (χ3v) is 4.79. The van der Waals surface area contributed by atoms with Crippen molar-refractivity contribution in [3.63, 3.8) is 0 Å². The lowest BCUT2D eigenvalue weighted by Crippen LogP contribution is -2.38. The molecule has 2 aromatic carbocycles. The Labute approximate surface area is 169 Å². The Balaban J connectivity index is 1.35. The van der Waals surface area contributed by atoms with E-state index in [1.165, 1.54) is 6.33 Å². The van der Waals surface area contributed by atoms with Crippen molar-refractivity contribution in [3.05, 3.63) is 66.2 Å². The first kappa shape index (κ1) is 18.8. The summed E-state index contributed by atoms with van der Waals surface area (Å²) >= 11 is 0. The minimum atomic E-state index is -0.146. The summed E-state index contributed by atoms with van der Waals surface area (Å²) in [5.74, 6) is 1.47. The fourth-order valence-corrected chi connectivity index (χ4v) is 3.17. The van der Waals surface area contributed by atoms with Gasteiger partial charge >= 0.3 is 6.03 Å². The molecule has 0 fully saturated rings. The second kappa shape index (κ2) is 8.22. The summed E-state index contributed by atoms with van der Waals surface area (Å²) < 4.78 is 12.8. The first-order valence-electron chi connectivity index (χ1n) is 9.45. The van der Waals surface area contributed by atoms with Crippen LogP contribution >= 0.6 is 0 Å². The topological polar surface area (TPSA) is 81.5 Å². The molecule has 0 radical (unpaired) electrons. The van der Waals surface area contributed by atoms with E-state index in [2.05, 4.69) is 15.4 Å². The first-order valence-corrected chi connectivity index (χ1v) is 9.45. The zero-order chi connectivity index (χ0) is 20.2. The van der Waals surface area contributed by atoms with Crippen LogP contribution in [0.2, 0.25) is 0 Å². The number of fused-ring (bicyclic) bond motifs is 1. The van der Waals surface area contributed by atoms with Crippen LogP contribution in [0.4, 0.5) is 4.79 Å². The first-order chi connectivity index (χ1) is 14.1. The quantitative estimate of drug-likeness (QED) is 0.721. The Hall–Kier alpha value is -3.55. The van der Waals surface area contributed by atoms with Crippen molar-refractivity contribution in [3.8, 4) is 17.2 Å². The Morgan fingerprint density at radius 3 is 2.66 bits per heavy atom. The Bertz CT molecular complexity index is 972. The molecule has 0 aliphatic carbocycles. The smallest absolute Gasteiger partial charge is 0.317 e. The van der Waals surface area contributed by atoms with Gasteiger partial charge < -0.3 is 19.7 Å². The Morgan fingerprint density at radius 1 is 1.17 bits per heavy atom. The zero-order valence-corrected chi connectivity index (χ0v) is 16.4. The average molecular weight is 393 g/mol. The molecule has 0 saturated heterocycles. The molecule has 1 N–H and O–H groups in total. The van der Waals surface area contributed by atoms with Crippen molar-refractivity contribution >= 4 is 6.03 Å². The van der Waals surface area contributed by atoms with Crippen molar-refractivity contribution in [1.82, 2.24) is 25.0 Å². The van der Waals surface area contributed by atoms with Gasteiger partial charge in [0, 0.05) is 13.6 Å². The van der Waals surface area contributed by atoms with Gasteiger partial charge in [-0.1, -0.05) is 18.2 Å². The molecule has 1 atom stereocenters. The summed E-state index contributed by atoms with van der Waals surface area (Å²) in [5, 5.41) is 7.14. The van der Waals surface area contributed by atoms with E-state index in [0.29, 0.717) is 19.8 Å². The predicted octanol–water partition coefficient (Wildman–Crippen LogP) is 2.94. The molecule has 2 heterocycles. The van der Waals surface area contributed by atoms with Crippen LogP contribution in [-0.4, -0.2) is 46.0 Å². The van der Waals surface area contributed by atoms with Gasteiger partial charge in [0.05, 0.1) is 11.7 Å². The zero-order valence-electron chi connectivity index (χ0n) is 16.4. The summed E-state index contributed by atoms with van der Waals surface area (Å²) in [6, 6.07) is 13.3. The number of hydrogen-bond acceptors (Lipinski definition) is 5. The second-order valence-corrected chi connectivity index (χ2v) is 6.94. The molecule has 29 heavy (non-hydrogen) atoms. The van der Waals surface area contributed by atoms with E-state index in [9.17, 15) is 4.79 Å². The lowest BCUT2D eigenvalue weighted by Gasteiger charge is -2.23. The summed E-state index contributed by atoms with van der Waals surface area (Å²) in [6.45, 7) is 3.53. The van der Waals surface area contributed by atoms with Crippen LogP contribution in [0.15, 0.2) is 55.1 Å². The number of carbonyl (C=O) groups is 1. The van der Waals surface area contributed by atoms with Crippen molar-refractivity contribution in [2.45, 2.75) is 19.5 Å². The molecule has 1 unspecified atom stereocenters. The second-order valence-electron chi connectivity index (χ2n) is 6.94. The van der Waals surface area contributed by atoms with Gasteiger partial charge in [-0.05, 0) is 42.3 Å². The molecule has 8 heteroatoms. The predicted molar refractivity (Wildman–Crippen MR) is 107 cm³/mol. The van der Waals surface area contributed by atoms with Crippen LogP contribution < -0.4 is 14.8 Å². The van der Waals surface area contributed by atoms with Crippen LogP contribution in [-0.2, 0) is 6.54 Å². The molecule has 1 aliphatic heterocycles. The number of carbonyl (C=O) groups excluding carboxylic acids is 1. The van der Waals surface area contributed by atoms with Crippen molar-refractivity contribution in [2.75, 3.05) is 20.3 Å². The fourth-order valence-electron chi connectivity index (χ4n) is 3.17. The van der Waals surface area contributed by atoms with E-state index < -0.39 is 0 Å². The fraction of sp³-hybridized carbons (Fsp3) is 0.286. The minimum Gasteiger partial charge on any atom is -0.486 e. The van der Waals surface area contributed by atoms with Crippen LogP contribution in [0, 0.1) is 0 Å². The van der Waals surface area contributed by atoms with Crippen LogP contribution in [0.25, 0.3) is 5.69 Å². The molecule has 4 rings (SSSR count). The van der Waals surface area contributed by atoms with E-state index in [-0.39, 0.29) is 12.1 Å². The standard InChI is InChI=1S/C21H23N5O3/c1-15(17-4-6-18(7-5-17)26-14-22-13-23-26)24-21(27)25(2)12-16-3-8-19-20(11-16)29-10-9-28-19/h3-8,11,13-15H,9-10,12H2,1-2H3,(H,24,27). The van der Waals surface area contributed by atoms with E-state index in [0.717, 1.165) is 28.3 Å². The number of ether oxygens (including phenoxy) is 2. The summed E-state index contributed by atoms with van der Waals surface area (Å²) in [7, 11) is 1.77. The van der Waals surface area contributed by atoms with E-state index in [1.807, 2.05) is 49.4 Å². The Morgan fingerprint density at radius 2 is 1.93 bits per heavy atom. The molecule has 3 aromatic rings. The Kier molecular flexibility index (Phi) is 5.33. The van der Waals surface area contributed by atoms with Gasteiger partial charge in [0.1, 0.15) is 25.9 Å². The number of amides is 2. The number of urea groups is 1. The highest BCUT2D eigenvalue weighted by atomic mass is 16.6. The number of nitrogens with zero attached hydrogens (tertiary/aromatic N) is 4. The van der Waals surface area contributed by atoms with Gasteiger partial charge in [-0.3, -0.25) is 0 Å². The lowest BCUT2D eigenvalue weighted by molar-refractivity contribution is 0.171. The van der Waals surface area contributed by atoms with Gasteiger partial charge in [0.25, 0.3) is 0 Å². The van der Waals surface area contributed by atoms with Crippen molar-refractivity contribution < 1.29 is 14.3 Å². The van der Waals surface area contributed by atoms with Crippen molar-refractivity contribution in [1.29, 1.82) is 0 Å². The van der Waals surface area contributed by atoms with Crippen LogP contribution in [0.3, 0.4) is 0 Å². The van der Waals surface area contributed by atoms with Crippen LogP contribution in [0.5, 0.6) is 11.5 Å². The molecule has 150 valence electrons. The SMILES string of the molecule is CC(NC(=O)N(C)Cc1ccc2c(c1)OCCO2)c1ccc(-n2cncn2)cc1. The highest BCUT2D eigenvalue weighted by molar-refractivity contribution is 5.74. The highest BCUT2D eigenvalue weighted by Gasteiger charge is 2.16. The third kappa shape index (κ3) is 4.31. The average Bonchev–Trinajstić information content (AvgIpc) is 3.28. The van der Waals surface area contributed by atoms with Gasteiger partial charge in [0.15, 0.2) is 11.5 Å². The maximum absolute atomic E-state index is 12.6. The number of benzene rings is 2. The normalized spacial score (nSPS) is 13.6. The molecule has 1 aliphatic rings. The molecule has 8 nitrogen and oxygen atoms in total. The summed E-state index contributed by atoms with van der Waals surface area (Å²) in [5.41, 5.74) is 2.91. The van der Waals surface area contributed by atoms with Gasteiger partial charge in [-0.2, -0.15) is 5.10 Å². The molecule has 1 aromatic heterocycles. The van der Waals surface area contributed by atoms with Crippen LogP contribution in [0.1, 0.15) is 24.1 Å². The molecule has 0 bridgehead atoms. The highest BCUT2D eigenvalue weighted by Crippen LogP contribution is 2.31. The largest absolute Gasteiger partial charge is 0.486 e. The number of aromatic nitrogens is 3. The molecule has 0 spiro atoms. The minimum absolute atomic E-state index is 0.130. The summed E-state index contributed by atoms with van der Waals surface area (Å²) in [4.78, 5) is 18.2. The maximum Gasteiger partial charge on any atom is 0.317 e. The summed E-state index contributed by atoms with van der Waals surface area (Å²) in [6.07, 6.45) is 3.14. The molecule has 0 saturated carbocycles. The maximum atomic E-state index is 12.6. The van der Waals surface area contributed by atoms with E-state index in [1.54, 1.807) is 23.0 Å². The van der Waals surface area contributed by atoms with Gasteiger partial charge in [-0.25, -0.2) is 14.5 Å². The number of nitrogens with one attached hydrogen (secondary N) is 1. The third-order valence-electron chi connectivity index (χ3n) is 4.79. The van der Waals surface area contributed by atoms with E-state index in [4.69, 9.17) is 9.47 Å². The lowest BCUT2D eigenvalue weighted by atomic mass is 10.1. The molecule has 2 amide bonds. The number of hydrogen-bond donors (Lipinski definition) is 1. The van der Waals surface area contributed by atoms with Gasteiger partial charge in [0.2, 0.25) is 0 Å². The molecular weight excluding hydrogens is 370 g/mol. The number of rotatable bonds is 5. The van der Waals surface area contributed by atoms with E-state index >= 15 is 0 Å².